The summed E-state index contributed by atoms with van der Waals surface area (Å²) in [6, 6.07) is 9.52. The maximum atomic E-state index is 11.6. The van der Waals surface area contributed by atoms with Gasteiger partial charge in [0.25, 0.3) is 5.69 Å². The quantitative estimate of drug-likeness (QED) is 0.490. The van der Waals surface area contributed by atoms with Gasteiger partial charge in [-0.05, 0) is 18.6 Å². The number of esters is 1. The lowest BCUT2D eigenvalue weighted by atomic mass is 10.1. The van der Waals surface area contributed by atoms with E-state index in [-0.39, 0.29) is 5.69 Å². The molecular formula is C15H14N2O4. The second-order valence-corrected chi connectivity index (χ2v) is 4.34. The normalized spacial score (nSPS) is 10.2. The number of carbonyl (C=O) groups excluding carboxylic acids is 1. The zero-order valence-electron chi connectivity index (χ0n) is 11.7. The summed E-state index contributed by atoms with van der Waals surface area (Å²) < 4.78 is 4.71. The molecule has 0 atom stereocenters. The number of aryl methyl sites for hydroxylation is 1. The number of non-ortho nitro benzene ring substituents is 1. The molecule has 2 rings (SSSR count). The van der Waals surface area contributed by atoms with Crippen molar-refractivity contribution in [2.24, 2.45) is 0 Å². The minimum atomic E-state index is -0.451. The Morgan fingerprint density at radius 1 is 1.33 bits per heavy atom. The number of rotatable bonds is 4. The molecule has 0 saturated carbocycles. The van der Waals surface area contributed by atoms with Crippen LogP contribution in [0.1, 0.15) is 23.0 Å². The fourth-order valence-electron chi connectivity index (χ4n) is 2.01. The molecule has 0 spiro atoms. The Hall–Kier alpha value is -2.76. The van der Waals surface area contributed by atoms with Crippen LogP contribution < -0.4 is 0 Å². The summed E-state index contributed by atoms with van der Waals surface area (Å²) in [5.74, 6) is -0.440. The molecule has 0 radical (unpaired) electrons. The van der Waals surface area contributed by atoms with Crippen LogP contribution in [0.15, 0.2) is 36.4 Å². The second-order valence-electron chi connectivity index (χ2n) is 4.34. The van der Waals surface area contributed by atoms with Crippen molar-refractivity contribution >= 4 is 11.7 Å². The molecule has 6 nitrogen and oxygen atoms in total. The Morgan fingerprint density at radius 2 is 2.10 bits per heavy atom. The van der Waals surface area contributed by atoms with Gasteiger partial charge in [-0.3, -0.25) is 15.1 Å². The van der Waals surface area contributed by atoms with Gasteiger partial charge in [0.15, 0.2) is 0 Å². The molecule has 0 aliphatic carbocycles. The number of methoxy groups -OCH3 is 1. The molecule has 0 unspecified atom stereocenters. The van der Waals surface area contributed by atoms with E-state index in [1.807, 2.05) is 6.92 Å². The van der Waals surface area contributed by atoms with Gasteiger partial charge < -0.3 is 4.74 Å². The van der Waals surface area contributed by atoms with E-state index in [9.17, 15) is 14.9 Å². The van der Waals surface area contributed by atoms with Gasteiger partial charge in [0, 0.05) is 17.7 Å². The van der Waals surface area contributed by atoms with Crippen LogP contribution in [0.2, 0.25) is 0 Å². The number of hydrogen-bond donors (Lipinski definition) is 0. The summed E-state index contributed by atoms with van der Waals surface area (Å²) in [6.45, 7) is 1.88. The molecule has 108 valence electrons. The molecule has 0 bridgehead atoms. The molecule has 0 amide bonds. The summed E-state index contributed by atoms with van der Waals surface area (Å²) in [5.41, 5.74) is 2.24. The molecular weight excluding hydrogens is 272 g/mol. The lowest BCUT2D eigenvalue weighted by Gasteiger charge is -2.08. The summed E-state index contributed by atoms with van der Waals surface area (Å²) in [4.78, 5) is 26.4. The molecule has 0 N–H and O–H groups in total. The molecule has 0 aliphatic rings. The van der Waals surface area contributed by atoms with Crippen molar-refractivity contribution in [3.05, 3.63) is 57.8 Å². The Kier molecular flexibility index (Phi) is 4.27. The molecule has 1 heterocycles. The van der Waals surface area contributed by atoms with Crippen molar-refractivity contribution in [1.82, 2.24) is 4.98 Å². The molecule has 1 aromatic carbocycles. The summed E-state index contributed by atoms with van der Waals surface area (Å²) in [6.07, 6.45) is 0.563. The monoisotopic (exact) mass is 286 g/mol. The first-order valence-electron chi connectivity index (χ1n) is 6.40. The minimum absolute atomic E-state index is 0.00407. The van der Waals surface area contributed by atoms with Crippen LogP contribution in [0, 0.1) is 10.1 Å². The van der Waals surface area contributed by atoms with Gasteiger partial charge in [0.1, 0.15) is 0 Å². The predicted octanol–water partition coefficient (Wildman–Crippen LogP) is 3.01. The first-order valence-corrected chi connectivity index (χ1v) is 6.40. The SMILES string of the molecule is CCc1nc(-c2cccc([N+](=O)[O-])c2)ccc1C(=O)OC. The number of benzene rings is 1. The fraction of sp³-hybridized carbons (Fsp3) is 0.200. The fourth-order valence-corrected chi connectivity index (χ4v) is 2.01. The van der Waals surface area contributed by atoms with Crippen molar-refractivity contribution in [2.45, 2.75) is 13.3 Å². The van der Waals surface area contributed by atoms with Crippen molar-refractivity contribution in [2.75, 3.05) is 7.11 Å². The van der Waals surface area contributed by atoms with Crippen molar-refractivity contribution in [3.63, 3.8) is 0 Å². The summed E-state index contributed by atoms with van der Waals surface area (Å²) >= 11 is 0. The van der Waals surface area contributed by atoms with Crippen LogP contribution in [0.25, 0.3) is 11.3 Å². The lowest BCUT2D eigenvalue weighted by Crippen LogP contribution is -2.07. The zero-order chi connectivity index (χ0) is 15.4. The third-order valence-electron chi connectivity index (χ3n) is 3.07. The summed E-state index contributed by atoms with van der Waals surface area (Å²) in [7, 11) is 1.32. The van der Waals surface area contributed by atoms with Gasteiger partial charge in [0.05, 0.1) is 29.0 Å². The second kappa shape index (κ2) is 6.13. The van der Waals surface area contributed by atoms with Gasteiger partial charge in [-0.15, -0.1) is 0 Å². The maximum Gasteiger partial charge on any atom is 0.339 e. The molecule has 2 aromatic rings. The highest BCUT2D eigenvalue weighted by Gasteiger charge is 2.14. The van der Waals surface area contributed by atoms with E-state index in [0.29, 0.717) is 28.9 Å². The highest BCUT2D eigenvalue weighted by atomic mass is 16.6. The topological polar surface area (TPSA) is 82.3 Å². The maximum absolute atomic E-state index is 11.6. The largest absolute Gasteiger partial charge is 0.465 e. The smallest absolute Gasteiger partial charge is 0.339 e. The van der Waals surface area contributed by atoms with E-state index in [1.165, 1.54) is 19.2 Å². The van der Waals surface area contributed by atoms with E-state index < -0.39 is 10.9 Å². The minimum Gasteiger partial charge on any atom is -0.465 e. The highest BCUT2D eigenvalue weighted by Crippen LogP contribution is 2.23. The zero-order valence-corrected chi connectivity index (χ0v) is 11.7. The third kappa shape index (κ3) is 3.05. The van der Waals surface area contributed by atoms with Crippen LogP contribution >= 0.6 is 0 Å². The van der Waals surface area contributed by atoms with E-state index in [4.69, 9.17) is 4.74 Å². The van der Waals surface area contributed by atoms with Crippen molar-refractivity contribution < 1.29 is 14.5 Å². The van der Waals surface area contributed by atoms with Crippen molar-refractivity contribution in [1.29, 1.82) is 0 Å². The average molecular weight is 286 g/mol. The molecule has 0 aliphatic heterocycles. The third-order valence-corrected chi connectivity index (χ3v) is 3.07. The van der Waals surface area contributed by atoms with Gasteiger partial charge in [-0.25, -0.2) is 4.79 Å². The molecule has 1 aromatic heterocycles. The van der Waals surface area contributed by atoms with Crippen LogP contribution in [0.4, 0.5) is 5.69 Å². The number of ether oxygens (including phenoxy) is 1. The van der Waals surface area contributed by atoms with Gasteiger partial charge in [0.2, 0.25) is 0 Å². The molecule has 21 heavy (non-hydrogen) atoms. The number of nitrogens with zero attached hydrogens (tertiary/aromatic N) is 2. The Balaban J connectivity index is 2.48. The Labute approximate surface area is 121 Å². The predicted molar refractivity (Wildman–Crippen MR) is 77.0 cm³/mol. The van der Waals surface area contributed by atoms with Crippen LogP contribution in [0.3, 0.4) is 0 Å². The number of carbonyl (C=O) groups is 1. The Morgan fingerprint density at radius 3 is 2.71 bits per heavy atom. The number of nitro benzene ring substituents is 1. The summed E-state index contributed by atoms with van der Waals surface area (Å²) in [5, 5.41) is 10.8. The van der Waals surface area contributed by atoms with E-state index >= 15 is 0 Å². The standard InChI is InChI=1S/C15H14N2O4/c1-3-13-12(15(18)21-2)7-8-14(16-13)10-5-4-6-11(9-10)17(19)20/h4-9H,3H2,1-2H3. The lowest BCUT2D eigenvalue weighted by molar-refractivity contribution is -0.384. The first kappa shape index (κ1) is 14.6. The molecule has 6 heteroatoms. The Bertz CT molecular complexity index is 698. The van der Waals surface area contributed by atoms with Gasteiger partial charge >= 0.3 is 5.97 Å². The van der Waals surface area contributed by atoms with Gasteiger partial charge in [-0.2, -0.15) is 0 Å². The van der Waals surface area contributed by atoms with E-state index in [2.05, 4.69) is 4.98 Å². The number of aromatic nitrogens is 1. The average Bonchev–Trinajstić information content (AvgIpc) is 2.53. The first-order chi connectivity index (χ1) is 10.1. The number of pyridine rings is 1. The van der Waals surface area contributed by atoms with Crippen molar-refractivity contribution in [3.8, 4) is 11.3 Å². The molecule has 0 fully saturated rings. The number of hydrogen-bond acceptors (Lipinski definition) is 5. The van der Waals surface area contributed by atoms with Gasteiger partial charge in [-0.1, -0.05) is 19.1 Å². The van der Waals surface area contributed by atoms with E-state index in [1.54, 1.807) is 24.3 Å². The number of nitro groups is 1. The van der Waals surface area contributed by atoms with Crippen LogP contribution in [-0.2, 0) is 11.2 Å². The van der Waals surface area contributed by atoms with Crippen LogP contribution in [0.5, 0.6) is 0 Å². The van der Waals surface area contributed by atoms with E-state index in [0.717, 1.165) is 0 Å². The van der Waals surface area contributed by atoms with Crippen LogP contribution in [-0.4, -0.2) is 23.0 Å². The molecule has 0 saturated heterocycles. The highest BCUT2D eigenvalue weighted by molar-refractivity contribution is 5.91.